The van der Waals surface area contributed by atoms with Crippen molar-refractivity contribution in [3.05, 3.63) is 28.4 Å². The molecule has 0 saturated carbocycles. The number of nitrogens with zero attached hydrogens (tertiary/aromatic N) is 2. The van der Waals surface area contributed by atoms with Crippen LogP contribution < -0.4 is 11.3 Å². The van der Waals surface area contributed by atoms with E-state index in [0.717, 1.165) is 0 Å². The minimum absolute atomic E-state index is 0.0856. The van der Waals surface area contributed by atoms with Crippen molar-refractivity contribution in [2.45, 2.75) is 20.0 Å². The third kappa shape index (κ3) is 1.46. The van der Waals surface area contributed by atoms with E-state index in [-0.39, 0.29) is 12.1 Å². The molecule has 4 nitrogen and oxygen atoms in total. The van der Waals surface area contributed by atoms with E-state index >= 15 is 0 Å². The van der Waals surface area contributed by atoms with Crippen molar-refractivity contribution in [1.82, 2.24) is 9.55 Å². The number of hydrogen-bond acceptors (Lipinski definition) is 3. The summed E-state index contributed by atoms with van der Waals surface area (Å²) in [4.78, 5) is 15.1. The summed E-state index contributed by atoms with van der Waals surface area (Å²) >= 11 is 0. The molecule has 1 heterocycles. The first kappa shape index (κ1) is 7.94. The molecule has 4 heteroatoms. The molecule has 1 aromatic heterocycles. The molecule has 0 aliphatic rings. The van der Waals surface area contributed by atoms with Crippen molar-refractivity contribution in [3.8, 4) is 0 Å². The summed E-state index contributed by atoms with van der Waals surface area (Å²) < 4.78 is 1.58. The van der Waals surface area contributed by atoms with E-state index in [2.05, 4.69) is 4.98 Å². The normalized spacial score (nSPS) is 10.0. The van der Waals surface area contributed by atoms with Gasteiger partial charge in [0.15, 0.2) is 0 Å². The second-order valence-electron chi connectivity index (χ2n) is 2.17. The van der Waals surface area contributed by atoms with Crippen molar-refractivity contribution < 1.29 is 0 Å². The van der Waals surface area contributed by atoms with Crippen LogP contribution >= 0.6 is 0 Å². The third-order valence-electron chi connectivity index (χ3n) is 1.52. The highest BCUT2D eigenvalue weighted by molar-refractivity contribution is 4.96. The van der Waals surface area contributed by atoms with Crippen molar-refractivity contribution >= 4 is 0 Å². The molecule has 11 heavy (non-hydrogen) atoms. The molecule has 60 valence electrons. The fourth-order valence-corrected chi connectivity index (χ4v) is 0.881. The van der Waals surface area contributed by atoms with Crippen LogP contribution in [-0.2, 0) is 13.1 Å². The van der Waals surface area contributed by atoms with Crippen LogP contribution in [0.25, 0.3) is 0 Å². The van der Waals surface area contributed by atoms with Gasteiger partial charge in [-0.3, -0.25) is 9.78 Å². The molecule has 0 unspecified atom stereocenters. The second kappa shape index (κ2) is 3.30. The Balaban J connectivity index is 3.21. The summed E-state index contributed by atoms with van der Waals surface area (Å²) in [6.45, 7) is 2.77. The minimum Gasteiger partial charge on any atom is -0.325 e. The summed E-state index contributed by atoms with van der Waals surface area (Å²) in [5, 5.41) is 0. The molecule has 0 saturated heterocycles. The largest absolute Gasteiger partial charge is 0.325 e. The molecule has 1 aromatic rings. The topological polar surface area (TPSA) is 60.9 Å². The molecule has 0 bridgehead atoms. The second-order valence-corrected chi connectivity index (χ2v) is 2.17. The Hall–Kier alpha value is -1.16. The quantitative estimate of drug-likeness (QED) is 0.635. The van der Waals surface area contributed by atoms with Crippen LogP contribution in [0.1, 0.15) is 12.6 Å². The number of aryl methyl sites for hydroxylation is 1. The van der Waals surface area contributed by atoms with Gasteiger partial charge < -0.3 is 10.3 Å². The maximum Gasteiger partial charge on any atom is 0.273 e. The van der Waals surface area contributed by atoms with Crippen molar-refractivity contribution in [1.29, 1.82) is 0 Å². The van der Waals surface area contributed by atoms with Crippen molar-refractivity contribution in [3.63, 3.8) is 0 Å². The Labute approximate surface area is 64.7 Å². The summed E-state index contributed by atoms with van der Waals surface area (Å²) in [6.07, 6.45) is 3.24. The number of aromatic nitrogens is 2. The molecule has 0 spiro atoms. The van der Waals surface area contributed by atoms with E-state index < -0.39 is 0 Å². The summed E-state index contributed by atoms with van der Waals surface area (Å²) in [5.41, 5.74) is 5.64. The van der Waals surface area contributed by atoms with Gasteiger partial charge in [0.25, 0.3) is 5.56 Å². The van der Waals surface area contributed by atoms with E-state index in [1.807, 2.05) is 6.92 Å². The average molecular weight is 153 g/mol. The molecule has 0 aliphatic heterocycles. The Morgan fingerprint density at radius 2 is 2.45 bits per heavy atom. The zero-order chi connectivity index (χ0) is 8.27. The Bertz CT molecular complexity index is 267. The molecule has 0 atom stereocenters. The average Bonchev–Trinajstić information content (AvgIpc) is 2.05. The SMILES string of the molecule is CCn1ccnc(CN)c1=O. The zero-order valence-electron chi connectivity index (χ0n) is 6.45. The predicted molar refractivity (Wildman–Crippen MR) is 42.1 cm³/mol. The van der Waals surface area contributed by atoms with E-state index in [1.165, 1.54) is 0 Å². The molecule has 2 N–H and O–H groups in total. The maximum absolute atomic E-state index is 11.3. The Morgan fingerprint density at radius 3 is 3.00 bits per heavy atom. The molecule has 0 amide bonds. The highest BCUT2D eigenvalue weighted by Crippen LogP contribution is 1.83. The third-order valence-corrected chi connectivity index (χ3v) is 1.52. The van der Waals surface area contributed by atoms with Gasteiger partial charge in [-0.25, -0.2) is 0 Å². The summed E-state index contributed by atoms with van der Waals surface area (Å²) in [5.74, 6) is 0. The van der Waals surface area contributed by atoms with Crippen LogP contribution in [0.2, 0.25) is 0 Å². The lowest BCUT2D eigenvalue weighted by molar-refractivity contribution is 0.698. The fourth-order valence-electron chi connectivity index (χ4n) is 0.881. The van der Waals surface area contributed by atoms with Crippen LogP contribution in [0.5, 0.6) is 0 Å². The van der Waals surface area contributed by atoms with E-state index in [4.69, 9.17) is 5.73 Å². The first-order chi connectivity index (χ1) is 5.29. The molecule has 0 aromatic carbocycles. The molecule has 1 rings (SSSR count). The first-order valence-electron chi connectivity index (χ1n) is 3.54. The summed E-state index contributed by atoms with van der Waals surface area (Å²) in [7, 11) is 0. The van der Waals surface area contributed by atoms with Gasteiger partial charge >= 0.3 is 0 Å². The molecule has 0 radical (unpaired) electrons. The van der Waals surface area contributed by atoms with Crippen molar-refractivity contribution in [2.24, 2.45) is 5.73 Å². The van der Waals surface area contributed by atoms with E-state index in [1.54, 1.807) is 17.0 Å². The lowest BCUT2D eigenvalue weighted by atomic mass is 10.4. The van der Waals surface area contributed by atoms with Gasteiger partial charge in [-0.1, -0.05) is 0 Å². The first-order valence-corrected chi connectivity index (χ1v) is 3.54. The highest BCUT2D eigenvalue weighted by atomic mass is 16.1. The number of rotatable bonds is 2. The number of hydrogen-bond donors (Lipinski definition) is 1. The molecule has 0 aliphatic carbocycles. The maximum atomic E-state index is 11.3. The Kier molecular flexibility index (Phi) is 2.38. The smallest absolute Gasteiger partial charge is 0.273 e. The summed E-state index contributed by atoms with van der Waals surface area (Å²) in [6, 6.07) is 0. The van der Waals surface area contributed by atoms with Crippen LogP contribution in [-0.4, -0.2) is 9.55 Å². The lowest BCUT2D eigenvalue weighted by Crippen LogP contribution is -2.25. The fraction of sp³-hybridized carbons (Fsp3) is 0.429. The predicted octanol–water partition coefficient (Wildman–Crippen LogP) is -0.278. The minimum atomic E-state index is -0.0856. The van der Waals surface area contributed by atoms with Gasteiger partial charge in [-0.2, -0.15) is 0 Å². The van der Waals surface area contributed by atoms with E-state index in [0.29, 0.717) is 12.2 Å². The highest BCUT2D eigenvalue weighted by Gasteiger charge is 1.99. The van der Waals surface area contributed by atoms with Gasteiger partial charge in [0, 0.05) is 25.5 Å². The van der Waals surface area contributed by atoms with Gasteiger partial charge in [0.1, 0.15) is 5.69 Å². The monoisotopic (exact) mass is 153 g/mol. The molecular weight excluding hydrogens is 142 g/mol. The van der Waals surface area contributed by atoms with Crippen LogP contribution in [0.15, 0.2) is 17.2 Å². The van der Waals surface area contributed by atoms with Gasteiger partial charge in [0.05, 0.1) is 0 Å². The molecule has 0 fully saturated rings. The molecular formula is C7H11N3O. The van der Waals surface area contributed by atoms with Gasteiger partial charge in [-0.15, -0.1) is 0 Å². The van der Waals surface area contributed by atoms with Crippen LogP contribution in [0, 0.1) is 0 Å². The zero-order valence-corrected chi connectivity index (χ0v) is 6.45. The standard InChI is InChI=1S/C7H11N3O/c1-2-10-4-3-9-6(5-8)7(10)11/h3-4H,2,5,8H2,1H3. The Morgan fingerprint density at radius 1 is 1.73 bits per heavy atom. The van der Waals surface area contributed by atoms with Gasteiger partial charge in [0.2, 0.25) is 0 Å². The van der Waals surface area contributed by atoms with Gasteiger partial charge in [-0.05, 0) is 6.92 Å². The van der Waals surface area contributed by atoms with E-state index in [9.17, 15) is 4.79 Å². The number of nitrogens with two attached hydrogens (primary N) is 1. The van der Waals surface area contributed by atoms with Crippen molar-refractivity contribution in [2.75, 3.05) is 0 Å². The lowest BCUT2D eigenvalue weighted by Gasteiger charge is -2.01. The van der Waals surface area contributed by atoms with Crippen LogP contribution in [0.3, 0.4) is 0 Å². The van der Waals surface area contributed by atoms with Crippen LogP contribution in [0.4, 0.5) is 0 Å².